The van der Waals surface area contributed by atoms with Crippen LogP contribution < -0.4 is 10.4 Å². The summed E-state index contributed by atoms with van der Waals surface area (Å²) in [6.07, 6.45) is 0. The van der Waals surface area contributed by atoms with E-state index in [-0.39, 0.29) is 5.04 Å². The number of ether oxygens (including phenoxy) is 9. The van der Waals surface area contributed by atoms with Crippen molar-refractivity contribution in [1.29, 1.82) is 0 Å². The molecule has 0 saturated heterocycles. The van der Waals surface area contributed by atoms with Gasteiger partial charge in [-0.05, 0) is 15.4 Å². The smallest absolute Gasteiger partial charge is 0.261 e. The van der Waals surface area contributed by atoms with E-state index >= 15 is 0 Å². The second kappa shape index (κ2) is 26.2. The molecular formula is C35H58O10Si. The number of hydrogen-bond donors (Lipinski definition) is 0. The maximum absolute atomic E-state index is 6.84. The summed E-state index contributed by atoms with van der Waals surface area (Å²) in [5.74, 6) is 0. The first kappa shape index (κ1) is 40.4. The van der Waals surface area contributed by atoms with Gasteiger partial charge in [0.25, 0.3) is 8.32 Å². The van der Waals surface area contributed by atoms with Gasteiger partial charge < -0.3 is 47.1 Å². The number of hydrogen-bond acceptors (Lipinski definition) is 10. The Hall–Kier alpha value is -1.74. The molecule has 0 amide bonds. The summed E-state index contributed by atoms with van der Waals surface area (Å²) in [7, 11) is -0.880. The molecule has 0 spiro atoms. The fraction of sp³-hybridized carbons (Fsp3) is 0.657. The fourth-order valence-electron chi connectivity index (χ4n) is 4.80. The maximum Gasteiger partial charge on any atom is 0.261 e. The third kappa shape index (κ3) is 16.9. The van der Waals surface area contributed by atoms with Crippen LogP contribution in [0.4, 0.5) is 0 Å². The first-order valence-corrected chi connectivity index (χ1v) is 18.3. The zero-order valence-electron chi connectivity index (χ0n) is 28.6. The van der Waals surface area contributed by atoms with Crippen LogP contribution in [0.1, 0.15) is 20.8 Å². The summed E-state index contributed by atoms with van der Waals surface area (Å²) in [6, 6.07) is 21.3. The molecule has 10 nitrogen and oxygen atoms in total. The lowest BCUT2D eigenvalue weighted by molar-refractivity contribution is -0.0247. The van der Waals surface area contributed by atoms with Crippen molar-refractivity contribution in [2.45, 2.75) is 25.8 Å². The predicted molar refractivity (Wildman–Crippen MR) is 182 cm³/mol. The zero-order valence-corrected chi connectivity index (χ0v) is 29.6. The van der Waals surface area contributed by atoms with Crippen LogP contribution in [0.5, 0.6) is 0 Å². The lowest BCUT2D eigenvalue weighted by Crippen LogP contribution is -2.66. The molecule has 11 heteroatoms. The Balaban J connectivity index is 1.40. The molecular weight excluding hydrogens is 608 g/mol. The molecule has 0 unspecified atom stereocenters. The van der Waals surface area contributed by atoms with Gasteiger partial charge >= 0.3 is 0 Å². The van der Waals surface area contributed by atoms with Gasteiger partial charge in [-0.1, -0.05) is 81.4 Å². The molecule has 0 fully saturated rings. The first-order chi connectivity index (χ1) is 22.5. The molecule has 262 valence electrons. The minimum atomic E-state index is -2.53. The molecule has 0 heterocycles. The summed E-state index contributed by atoms with van der Waals surface area (Å²) in [5, 5.41) is 2.49. The minimum absolute atomic E-state index is 0.0511. The average Bonchev–Trinajstić information content (AvgIpc) is 3.06. The normalized spacial score (nSPS) is 12.2. The molecule has 2 aromatic rings. The van der Waals surface area contributed by atoms with Crippen LogP contribution in [0.2, 0.25) is 5.04 Å². The van der Waals surface area contributed by atoms with Crippen LogP contribution in [0, 0.1) is 0 Å². The van der Waals surface area contributed by atoms with Crippen molar-refractivity contribution in [2.75, 3.05) is 126 Å². The van der Waals surface area contributed by atoms with Crippen molar-refractivity contribution in [3.05, 3.63) is 60.7 Å². The Morgan fingerprint density at radius 1 is 0.391 bits per heavy atom. The zero-order chi connectivity index (χ0) is 33.0. The standard InChI is InChI=1S/C35H58O10Si/c1-35(2,3)46(33-11-7-5-8-12-33,34-13-9-6-10-14-34)45-32-31-44-30-29-43-28-27-42-26-25-41-24-23-40-22-21-39-20-19-38-18-17-37-16-15-36-4/h5-14H,15-32H2,1-4H3. The summed E-state index contributed by atoms with van der Waals surface area (Å²) in [6.45, 7) is 16.4. The molecule has 46 heavy (non-hydrogen) atoms. The topological polar surface area (TPSA) is 92.3 Å². The molecule has 0 radical (unpaired) electrons. The highest BCUT2D eigenvalue weighted by molar-refractivity contribution is 6.99. The lowest BCUT2D eigenvalue weighted by Gasteiger charge is -2.43. The van der Waals surface area contributed by atoms with Crippen LogP contribution in [-0.2, 0) is 47.1 Å². The quantitative estimate of drug-likeness (QED) is 0.0914. The molecule has 0 bridgehead atoms. The third-order valence-corrected chi connectivity index (χ3v) is 12.0. The summed E-state index contributed by atoms with van der Waals surface area (Å²) in [4.78, 5) is 0. The lowest BCUT2D eigenvalue weighted by atomic mass is 10.2. The van der Waals surface area contributed by atoms with E-state index in [1.165, 1.54) is 10.4 Å². The molecule has 0 aromatic heterocycles. The van der Waals surface area contributed by atoms with E-state index in [2.05, 4.69) is 81.4 Å². The number of rotatable bonds is 30. The maximum atomic E-state index is 6.84. The molecule has 2 aromatic carbocycles. The molecule has 0 aliphatic rings. The van der Waals surface area contributed by atoms with Gasteiger partial charge in [0.05, 0.1) is 119 Å². The van der Waals surface area contributed by atoms with Crippen LogP contribution in [-0.4, -0.2) is 134 Å². The second-order valence-corrected chi connectivity index (χ2v) is 15.7. The number of benzene rings is 2. The molecule has 2 rings (SSSR count). The summed E-state index contributed by atoms with van der Waals surface area (Å²) in [5.41, 5.74) is 0. The predicted octanol–water partition coefficient (Wildman–Crippen LogP) is 3.34. The molecule has 0 aliphatic heterocycles. The first-order valence-electron chi connectivity index (χ1n) is 16.4. The largest absolute Gasteiger partial charge is 0.405 e. The van der Waals surface area contributed by atoms with E-state index in [9.17, 15) is 0 Å². The van der Waals surface area contributed by atoms with Gasteiger partial charge in [-0.2, -0.15) is 0 Å². The van der Waals surface area contributed by atoms with Crippen molar-refractivity contribution >= 4 is 18.7 Å². The van der Waals surface area contributed by atoms with Crippen LogP contribution >= 0.6 is 0 Å². The van der Waals surface area contributed by atoms with E-state index in [1.54, 1.807) is 7.11 Å². The Morgan fingerprint density at radius 2 is 0.652 bits per heavy atom. The van der Waals surface area contributed by atoms with Gasteiger partial charge in [-0.15, -0.1) is 0 Å². The van der Waals surface area contributed by atoms with Crippen molar-refractivity contribution in [2.24, 2.45) is 0 Å². The second-order valence-electron chi connectivity index (χ2n) is 11.4. The minimum Gasteiger partial charge on any atom is -0.405 e. The Bertz CT molecular complexity index is 906. The van der Waals surface area contributed by atoms with Crippen molar-refractivity contribution in [3.8, 4) is 0 Å². The van der Waals surface area contributed by atoms with E-state index in [4.69, 9.17) is 47.1 Å². The van der Waals surface area contributed by atoms with E-state index in [1.807, 2.05) is 0 Å². The number of methoxy groups -OCH3 is 1. The van der Waals surface area contributed by atoms with Gasteiger partial charge in [-0.3, -0.25) is 0 Å². The van der Waals surface area contributed by atoms with Crippen molar-refractivity contribution in [3.63, 3.8) is 0 Å². The summed E-state index contributed by atoms with van der Waals surface area (Å²) >= 11 is 0. The SMILES string of the molecule is COCCOCCOCCOCCOCCOCCOCCOCCOCCO[Si](c1ccccc1)(c1ccccc1)C(C)(C)C. The van der Waals surface area contributed by atoms with Gasteiger partial charge in [0, 0.05) is 7.11 Å². The molecule has 0 saturated carbocycles. The molecule has 0 aliphatic carbocycles. The van der Waals surface area contributed by atoms with E-state index in [0.717, 1.165) is 0 Å². The fourth-order valence-corrected chi connectivity index (χ4v) is 9.34. The monoisotopic (exact) mass is 666 g/mol. The van der Waals surface area contributed by atoms with Gasteiger partial charge in [0.15, 0.2) is 0 Å². The molecule has 0 N–H and O–H groups in total. The highest BCUT2D eigenvalue weighted by Crippen LogP contribution is 2.36. The van der Waals surface area contributed by atoms with Crippen LogP contribution in [0.25, 0.3) is 0 Å². The van der Waals surface area contributed by atoms with Gasteiger partial charge in [-0.25, -0.2) is 0 Å². The third-order valence-electron chi connectivity index (χ3n) is 7.00. The Morgan fingerprint density at radius 3 is 0.913 bits per heavy atom. The Kier molecular flexibility index (Phi) is 23.1. The Labute approximate surface area is 278 Å². The molecule has 0 atom stereocenters. The van der Waals surface area contributed by atoms with E-state index in [0.29, 0.717) is 119 Å². The summed E-state index contributed by atoms with van der Waals surface area (Å²) < 4.78 is 56.0. The van der Waals surface area contributed by atoms with Crippen molar-refractivity contribution in [1.82, 2.24) is 0 Å². The average molecular weight is 667 g/mol. The highest BCUT2D eigenvalue weighted by Gasteiger charge is 2.49. The highest BCUT2D eigenvalue weighted by atomic mass is 28.4. The van der Waals surface area contributed by atoms with Crippen molar-refractivity contribution < 1.29 is 47.1 Å². The van der Waals surface area contributed by atoms with Gasteiger partial charge in [0.2, 0.25) is 0 Å². The van der Waals surface area contributed by atoms with Crippen LogP contribution in [0.3, 0.4) is 0 Å². The van der Waals surface area contributed by atoms with E-state index < -0.39 is 8.32 Å². The van der Waals surface area contributed by atoms with Crippen LogP contribution in [0.15, 0.2) is 60.7 Å². The van der Waals surface area contributed by atoms with Gasteiger partial charge in [0.1, 0.15) is 0 Å².